The predicted octanol–water partition coefficient (Wildman–Crippen LogP) is 3.20. The van der Waals surface area contributed by atoms with Crippen molar-refractivity contribution in [3.63, 3.8) is 0 Å². The lowest BCUT2D eigenvalue weighted by Crippen LogP contribution is -2.11. The second-order valence-electron chi connectivity index (χ2n) is 4.52. The van der Waals surface area contributed by atoms with Crippen LogP contribution in [0.1, 0.15) is 6.42 Å². The number of hydrogen-bond acceptors (Lipinski definition) is 6. The Morgan fingerprint density at radius 3 is 1.38 bits per heavy atom. The van der Waals surface area contributed by atoms with Gasteiger partial charge in [-0.15, -0.1) is 0 Å². The Hall–Kier alpha value is -2.44. The molecule has 0 aliphatic heterocycles. The molecule has 0 saturated heterocycles. The van der Waals surface area contributed by atoms with Gasteiger partial charge in [-0.05, 0) is 30.7 Å². The monoisotopic (exact) mass is 288 g/mol. The van der Waals surface area contributed by atoms with Gasteiger partial charge in [-0.2, -0.15) is 0 Å². The molecular formula is C15H20N4O2. The molecule has 0 radical (unpaired) electrons. The summed E-state index contributed by atoms with van der Waals surface area (Å²) in [6.45, 7) is 1.53. The molecule has 2 aromatic rings. The Bertz CT molecular complexity index is 513. The van der Waals surface area contributed by atoms with Crippen LogP contribution in [-0.2, 0) is 0 Å². The maximum atomic E-state index is 8.99. The second kappa shape index (κ2) is 7.98. The van der Waals surface area contributed by atoms with Gasteiger partial charge in [0.15, 0.2) is 0 Å². The molecule has 0 fully saturated rings. The van der Waals surface area contributed by atoms with Gasteiger partial charge in [0.25, 0.3) is 0 Å². The zero-order valence-corrected chi connectivity index (χ0v) is 11.6. The van der Waals surface area contributed by atoms with Crippen molar-refractivity contribution in [3.05, 3.63) is 48.5 Å². The van der Waals surface area contributed by atoms with Gasteiger partial charge in [-0.25, -0.2) is 0 Å². The van der Waals surface area contributed by atoms with E-state index >= 15 is 0 Å². The topological polar surface area (TPSA) is 88.6 Å². The molecule has 0 aliphatic rings. The number of rotatable bonds is 8. The minimum atomic E-state index is 0.653. The van der Waals surface area contributed by atoms with Crippen LogP contribution < -0.4 is 21.6 Å². The molecule has 6 nitrogen and oxygen atoms in total. The highest BCUT2D eigenvalue weighted by atomic mass is 16.5. The van der Waals surface area contributed by atoms with Crippen LogP contribution in [0.25, 0.3) is 0 Å². The van der Waals surface area contributed by atoms with Crippen LogP contribution in [0.15, 0.2) is 48.5 Å². The van der Waals surface area contributed by atoms with Gasteiger partial charge < -0.3 is 10.6 Å². The third-order valence-electron chi connectivity index (χ3n) is 3.08. The fourth-order valence-electron chi connectivity index (χ4n) is 2.00. The smallest absolute Gasteiger partial charge is 0.0833 e. The van der Waals surface area contributed by atoms with Gasteiger partial charge in [0.1, 0.15) is 0 Å². The summed E-state index contributed by atoms with van der Waals surface area (Å²) >= 11 is 0. The lowest BCUT2D eigenvalue weighted by atomic mass is 10.2. The Kier molecular flexibility index (Phi) is 5.69. The zero-order chi connectivity index (χ0) is 14.9. The summed E-state index contributed by atoms with van der Waals surface area (Å²) in [5.74, 6) is 0. The van der Waals surface area contributed by atoms with Crippen LogP contribution in [0.3, 0.4) is 0 Å². The molecular weight excluding hydrogens is 268 g/mol. The van der Waals surface area contributed by atoms with E-state index in [9.17, 15) is 0 Å². The summed E-state index contributed by atoms with van der Waals surface area (Å²) in [5, 5.41) is 24.5. The molecule has 0 unspecified atom stereocenters. The summed E-state index contributed by atoms with van der Waals surface area (Å²) in [6.07, 6.45) is 0.888. The lowest BCUT2D eigenvalue weighted by Gasteiger charge is -2.12. The summed E-state index contributed by atoms with van der Waals surface area (Å²) in [7, 11) is 0. The highest BCUT2D eigenvalue weighted by Gasteiger charge is 2.00. The molecule has 21 heavy (non-hydrogen) atoms. The van der Waals surface area contributed by atoms with E-state index in [1.54, 1.807) is 12.1 Å². The molecule has 0 heterocycles. The van der Waals surface area contributed by atoms with Crippen LogP contribution in [-0.4, -0.2) is 23.5 Å². The summed E-state index contributed by atoms with van der Waals surface area (Å²) in [6, 6.07) is 14.9. The van der Waals surface area contributed by atoms with Gasteiger partial charge in [-0.1, -0.05) is 24.3 Å². The molecule has 0 aromatic heterocycles. The van der Waals surface area contributed by atoms with Gasteiger partial charge in [0.05, 0.1) is 22.7 Å². The average molecular weight is 288 g/mol. The first-order valence-corrected chi connectivity index (χ1v) is 6.81. The van der Waals surface area contributed by atoms with E-state index < -0.39 is 0 Å². The summed E-state index contributed by atoms with van der Waals surface area (Å²) in [4.78, 5) is 0. The molecule has 0 spiro atoms. The average Bonchev–Trinajstić information content (AvgIpc) is 2.55. The minimum Gasteiger partial charge on any atom is -0.383 e. The van der Waals surface area contributed by atoms with E-state index in [4.69, 9.17) is 10.4 Å². The molecule has 0 saturated carbocycles. The van der Waals surface area contributed by atoms with Crippen molar-refractivity contribution < 1.29 is 10.4 Å². The van der Waals surface area contributed by atoms with Crippen LogP contribution in [0.4, 0.5) is 22.7 Å². The number of para-hydroxylation sites is 4. The fourth-order valence-corrected chi connectivity index (χ4v) is 2.00. The second-order valence-corrected chi connectivity index (χ2v) is 4.52. The first kappa shape index (κ1) is 15.0. The fraction of sp³-hybridized carbons (Fsp3) is 0.200. The third kappa shape index (κ3) is 4.27. The first-order valence-electron chi connectivity index (χ1n) is 6.81. The van der Waals surface area contributed by atoms with Crippen molar-refractivity contribution in [1.29, 1.82) is 0 Å². The number of hydrogen-bond donors (Lipinski definition) is 6. The number of benzene rings is 2. The highest BCUT2D eigenvalue weighted by Crippen LogP contribution is 2.21. The van der Waals surface area contributed by atoms with E-state index in [0.29, 0.717) is 11.4 Å². The van der Waals surface area contributed by atoms with E-state index in [0.717, 1.165) is 30.9 Å². The Labute approximate surface area is 123 Å². The number of nitrogens with one attached hydrogen (secondary N) is 4. The van der Waals surface area contributed by atoms with Gasteiger partial charge in [-0.3, -0.25) is 21.4 Å². The molecule has 6 N–H and O–H groups in total. The Morgan fingerprint density at radius 1 is 0.619 bits per heavy atom. The van der Waals surface area contributed by atoms with E-state index in [2.05, 4.69) is 21.6 Å². The summed E-state index contributed by atoms with van der Waals surface area (Å²) in [5.41, 5.74) is 7.35. The first-order chi connectivity index (χ1) is 10.3. The SMILES string of the molecule is ONc1ccccc1NCCCNc1ccccc1NO. The third-order valence-corrected chi connectivity index (χ3v) is 3.08. The molecule has 112 valence electrons. The molecule has 0 amide bonds. The summed E-state index contributed by atoms with van der Waals surface area (Å²) < 4.78 is 0. The lowest BCUT2D eigenvalue weighted by molar-refractivity contribution is 0.389. The highest BCUT2D eigenvalue weighted by molar-refractivity contribution is 5.68. The standard InChI is InChI=1S/C15H20N4O2/c20-18-14-8-3-1-6-12(14)16-10-5-11-17-13-7-2-4-9-15(13)19-21/h1-4,6-9,16-21H,5,10-11H2. The van der Waals surface area contributed by atoms with Crippen molar-refractivity contribution >= 4 is 22.7 Å². The molecule has 6 heteroatoms. The van der Waals surface area contributed by atoms with Gasteiger partial charge in [0, 0.05) is 13.1 Å². The van der Waals surface area contributed by atoms with Crippen molar-refractivity contribution in [3.8, 4) is 0 Å². The number of anilines is 4. The zero-order valence-electron chi connectivity index (χ0n) is 11.6. The van der Waals surface area contributed by atoms with Gasteiger partial charge >= 0.3 is 0 Å². The van der Waals surface area contributed by atoms with Crippen LogP contribution in [0.2, 0.25) is 0 Å². The maximum Gasteiger partial charge on any atom is 0.0833 e. The Balaban J connectivity index is 1.75. The van der Waals surface area contributed by atoms with Crippen molar-refractivity contribution in [2.75, 3.05) is 34.7 Å². The van der Waals surface area contributed by atoms with Crippen molar-refractivity contribution in [2.45, 2.75) is 6.42 Å². The Morgan fingerprint density at radius 2 is 1.00 bits per heavy atom. The van der Waals surface area contributed by atoms with Crippen LogP contribution >= 0.6 is 0 Å². The quantitative estimate of drug-likeness (QED) is 0.330. The van der Waals surface area contributed by atoms with E-state index in [1.807, 2.05) is 36.4 Å². The molecule has 0 aliphatic carbocycles. The van der Waals surface area contributed by atoms with Gasteiger partial charge in [0.2, 0.25) is 0 Å². The van der Waals surface area contributed by atoms with Crippen molar-refractivity contribution in [1.82, 2.24) is 0 Å². The van der Waals surface area contributed by atoms with Crippen LogP contribution in [0, 0.1) is 0 Å². The molecule has 0 atom stereocenters. The normalized spacial score (nSPS) is 10.0. The molecule has 2 rings (SSSR count). The predicted molar refractivity (Wildman–Crippen MR) is 85.3 cm³/mol. The maximum absolute atomic E-state index is 8.99. The minimum absolute atomic E-state index is 0.653. The van der Waals surface area contributed by atoms with Crippen LogP contribution in [0.5, 0.6) is 0 Å². The van der Waals surface area contributed by atoms with Crippen molar-refractivity contribution in [2.24, 2.45) is 0 Å². The van der Waals surface area contributed by atoms with E-state index in [1.165, 1.54) is 0 Å². The molecule has 2 aromatic carbocycles. The molecule has 0 bridgehead atoms. The largest absolute Gasteiger partial charge is 0.383 e. The van der Waals surface area contributed by atoms with E-state index in [-0.39, 0.29) is 0 Å².